The van der Waals surface area contributed by atoms with Gasteiger partial charge in [-0.25, -0.2) is 9.67 Å². The first-order chi connectivity index (χ1) is 13.9. The van der Waals surface area contributed by atoms with Crippen LogP contribution in [0.5, 0.6) is 0 Å². The van der Waals surface area contributed by atoms with E-state index in [2.05, 4.69) is 24.3 Å². The third kappa shape index (κ3) is 3.55. The highest BCUT2D eigenvalue weighted by atomic mass is 16.3. The molecule has 1 amide bonds. The van der Waals surface area contributed by atoms with Gasteiger partial charge in [0.25, 0.3) is 5.91 Å². The first kappa shape index (κ1) is 19.6. The van der Waals surface area contributed by atoms with E-state index in [4.69, 9.17) is 15.1 Å². The van der Waals surface area contributed by atoms with Gasteiger partial charge in [-0.05, 0) is 65.1 Å². The van der Waals surface area contributed by atoms with E-state index in [-0.39, 0.29) is 18.0 Å². The summed E-state index contributed by atoms with van der Waals surface area (Å²) in [5, 5.41) is 8.48. The van der Waals surface area contributed by atoms with Gasteiger partial charge in [0.2, 0.25) is 0 Å². The van der Waals surface area contributed by atoms with Gasteiger partial charge in [0.1, 0.15) is 11.5 Å². The molecule has 7 nitrogen and oxygen atoms in total. The number of carbonyl (C=O) groups excluding carboxylic acids is 1. The number of hydrogen-bond acceptors (Lipinski definition) is 5. The van der Waals surface area contributed by atoms with E-state index in [9.17, 15) is 4.79 Å². The highest BCUT2D eigenvalue weighted by Crippen LogP contribution is 2.31. The fourth-order valence-corrected chi connectivity index (χ4v) is 4.36. The fraction of sp³-hybridized carbons (Fsp3) is 0.500. The lowest BCUT2D eigenvalue weighted by molar-refractivity contribution is 0.0930. The van der Waals surface area contributed by atoms with Crippen LogP contribution in [0, 0.1) is 19.8 Å². The Hall–Kier alpha value is -2.67. The van der Waals surface area contributed by atoms with Crippen LogP contribution in [0.15, 0.2) is 22.7 Å². The molecule has 7 heteroatoms. The van der Waals surface area contributed by atoms with Crippen molar-refractivity contribution in [2.45, 2.75) is 59.0 Å². The van der Waals surface area contributed by atoms with Crippen LogP contribution >= 0.6 is 0 Å². The standard InChI is InChI=1S/C22H29N5O2/c1-12(2)27-21-18(11-24-27)17(22(28)26-19-7-5-6-15(19)10-23)9-20(25-21)16-8-13(3)29-14(16)4/h8-9,11-12,15,19H,5-7,10,23H2,1-4H3,(H,26,28). The third-order valence-electron chi connectivity index (χ3n) is 5.90. The molecule has 0 saturated heterocycles. The molecule has 3 aromatic heterocycles. The van der Waals surface area contributed by atoms with Crippen LogP contribution in [-0.4, -0.2) is 33.3 Å². The van der Waals surface area contributed by atoms with Crippen molar-refractivity contribution in [3.63, 3.8) is 0 Å². The van der Waals surface area contributed by atoms with Gasteiger partial charge in [0.15, 0.2) is 5.65 Å². The largest absolute Gasteiger partial charge is 0.466 e. The number of furan rings is 1. The molecule has 2 unspecified atom stereocenters. The topological polar surface area (TPSA) is 99.0 Å². The maximum Gasteiger partial charge on any atom is 0.252 e. The summed E-state index contributed by atoms with van der Waals surface area (Å²) in [7, 11) is 0. The van der Waals surface area contributed by atoms with Crippen LogP contribution in [-0.2, 0) is 0 Å². The molecule has 0 aliphatic heterocycles. The van der Waals surface area contributed by atoms with Crippen molar-refractivity contribution < 1.29 is 9.21 Å². The van der Waals surface area contributed by atoms with Gasteiger partial charge in [-0.1, -0.05) is 6.42 Å². The zero-order valence-electron chi connectivity index (χ0n) is 17.5. The Morgan fingerprint density at radius 1 is 1.34 bits per heavy atom. The number of hydrogen-bond donors (Lipinski definition) is 2. The second kappa shape index (κ2) is 7.63. The Morgan fingerprint density at radius 3 is 2.79 bits per heavy atom. The molecule has 0 radical (unpaired) electrons. The normalized spacial score (nSPS) is 19.4. The smallest absolute Gasteiger partial charge is 0.252 e. The van der Waals surface area contributed by atoms with Crippen molar-refractivity contribution in [3.8, 4) is 11.3 Å². The van der Waals surface area contributed by atoms with E-state index in [0.717, 1.165) is 47.4 Å². The van der Waals surface area contributed by atoms with Gasteiger partial charge in [0.05, 0.1) is 22.8 Å². The van der Waals surface area contributed by atoms with Crippen LogP contribution < -0.4 is 11.1 Å². The molecular weight excluding hydrogens is 366 g/mol. The van der Waals surface area contributed by atoms with Crippen molar-refractivity contribution in [1.82, 2.24) is 20.1 Å². The Kier molecular flexibility index (Phi) is 5.17. The van der Waals surface area contributed by atoms with E-state index in [1.807, 2.05) is 30.7 Å². The summed E-state index contributed by atoms with van der Waals surface area (Å²) >= 11 is 0. The van der Waals surface area contributed by atoms with Crippen LogP contribution in [0.4, 0.5) is 0 Å². The van der Waals surface area contributed by atoms with E-state index in [0.29, 0.717) is 23.7 Å². The maximum atomic E-state index is 13.3. The molecule has 0 aromatic carbocycles. The molecule has 154 valence electrons. The van der Waals surface area contributed by atoms with Crippen molar-refractivity contribution in [2.24, 2.45) is 11.7 Å². The predicted octanol–water partition coefficient (Wildman–Crippen LogP) is 3.75. The number of nitrogens with two attached hydrogens (primary N) is 1. The first-order valence-electron chi connectivity index (χ1n) is 10.4. The van der Waals surface area contributed by atoms with Crippen LogP contribution in [0.25, 0.3) is 22.3 Å². The summed E-state index contributed by atoms with van der Waals surface area (Å²) < 4.78 is 7.56. The van der Waals surface area contributed by atoms with Gasteiger partial charge in [-0.2, -0.15) is 5.10 Å². The van der Waals surface area contributed by atoms with Gasteiger partial charge >= 0.3 is 0 Å². The number of carbonyl (C=O) groups is 1. The predicted molar refractivity (Wildman–Crippen MR) is 113 cm³/mol. The van der Waals surface area contributed by atoms with Crippen molar-refractivity contribution >= 4 is 16.9 Å². The Morgan fingerprint density at radius 2 is 2.14 bits per heavy atom. The minimum atomic E-state index is -0.0924. The average molecular weight is 396 g/mol. The molecule has 1 aliphatic carbocycles. The maximum absolute atomic E-state index is 13.3. The molecule has 1 fully saturated rings. The molecule has 4 rings (SSSR count). The summed E-state index contributed by atoms with van der Waals surface area (Å²) in [6.45, 7) is 8.53. The number of aromatic nitrogens is 3. The number of rotatable bonds is 5. The molecule has 3 N–H and O–H groups in total. The summed E-state index contributed by atoms with van der Waals surface area (Å²) in [6.07, 6.45) is 4.88. The van der Waals surface area contributed by atoms with Crippen molar-refractivity contribution in [1.29, 1.82) is 0 Å². The fourth-order valence-electron chi connectivity index (χ4n) is 4.36. The molecule has 0 bridgehead atoms. The van der Waals surface area contributed by atoms with Gasteiger partial charge in [0, 0.05) is 17.6 Å². The summed E-state index contributed by atoms with van der Waals surface area (Å²) in [5.74, 6) is 1.85. The van der Waals surface area contributed by atoms with Crippen molar-refractivity contribution in [2.75, 3.05) is 6.54 Å². The molecule has 3 heterocycles. The molecule has 29 heavy (non-hydrogen) atoms. The van der Waals surface area contributed by atoms with Gasteiger partial charge in [-0.3, -0.25) is 4.79 Å². The molecule has 3 aromatic rings. The zero-order valence-corrected chi connectivity index (χ0v) is 17.5. The second-order valence-electron chi connectivity index (χ2n) is 8.31. The Balaban J connectivity index is 1.81. The van der Waals surface area contributed by atoms with Gasteiger partial charge < -0.3 is 15.5 Å². The third-order valence-corrected chi connectivity index (χ3v) is 5.90. The number of pyridine rings is 1. The second-order valence-corrected chi connectivity index (χ2v) is 8.31. The molecule has 2 atom stereocenters. The first-order valence-corrected chi connectivity index (χ1v) is 10.4. The molecule has 1 saturated carbocycles. The highest BCUT2D eigenvalue weighted by Gasteiger charge is 2.29. The number of amides is 1. The minimum Gasteiger partial charge on any atom is -0.466 e. The van der Waals surface area contributed by atoms with E-state index < -0.39 is 0 Å². The zero-order chi connectivity index (χ0) is 20.7. The summed E-state index contributed by atoms with van der Waals surface area (Å²) in [5.41, 5.74) is 8.83. The quantitative estimate of drug-likeness (QED) is 0.685. The lowest BCUT2D eigenvalue weighted by Gasteiger charge is -2.20. The van der Waals surface area contributed by atoms with Crippen molar-refractivity contribution in [3.05, 3.63) is 35.4 Å². The average Bonchev–Trinajstić information content (AvgIpc) is 3.38. The number of aryl methyl sites for hydroxylation is 2. The highest BCUT2D eigenvalue weighted by molar-refractivity contribution is 6.06. The molecule has 0 spiro atoms. The SMILES string of the molecule is Cc1cc(-c2cc(C(=O)NC3CCCC3CN)c3cnn(C(C)C)c3n2)c(C)o1. The van der Waals surface area contributed by atoms with Crippen LogP contribution in [0.2, 0.25) is 0 Å². The van der Waals surface area contributed by atoms with E-state index in [1.165, 1.54) is 0 Å². The summed E-state index contributed by atoms with van der Waals surface area (Å²) in [4.78, 5) is 18.1. The van der Waals surface area contributed by atoms with Crippen LogP contribution in [0.1, 0.15) is 61.0 Å². The monoisotopic (exact) mass is 395 g/mol. The lowest BCUT2D eigenvalue weighted by atomic mass is 10.0. The number of nitrogens with zero attached hydrogens (tertiary/aromatic N) is 3. The van der Waals surface area contributed by atoms with Gasteiger partial charge in [-0.15, -0.1) is 0 Å². The van der Waals surface area contributed by atoms with E-state index >= 15 is 0 Å². The number of fused-ring (bicyclic) bond motifs is 1. The molecular formula is C22H29N5O2. The minimum absolute atomic E-state index is 0.0924. The summed E-state index contributed by atoms with van der Waals surface area (Å²) in [6, 6.07) is 4.07. The number of nitrogens with one attached hydrogen (secondary N) is 1. The van der Waals surface area contributed by atoms with Crippen LogP contribution in [0.3, 0.4) is 0 Å². The van der Waals surface area contributed by atoms with E-state index in [1.54, 1.807) is 6.20 Å². The Bertz CT molecular complexity index is 1050. The molecule has 1 aliphatic rings. The lowest BCUT2D eigenvalue weighted by Crippen LogP contribution is -2.40. The Labute approximate surface area is 170 Å².